The fraction of sp³-hybridized carbons (Fsp3) is 0.789. The second-order valence-electron chi connectivity index (χ2n) is 16.2. The van der Waals surface area contributed by atoms with Crippen LogP contribution in [0.5, 0.6) is 0 Å². The average Bonchev–Trinajstić information content (AvgIpc) is 3.00. The van der Waals surface area contributed by atoms with Gasteiger partial charge in [-0.05, 0) is 118 Å². The zero-order valence-electron chi connectivity index (χ0n) is 29.1. The summed E-state index contributed by atoms with van der Waals surface area (Å²) in [7, 11) is 0. The van der Waals surface area contributed by atoms with Crippen LogP contribution in [0.3, 0.4) is 0 Å². The summed E-state index contributed by atoms with van der Waals surface area (Å²) in [5.41, 5.74) is 0.601. The van der Waals surface area contributed by atoms with E-state index in [1.165, 1.54) is 5.57 Å². The molecule has 0 aromatic carbocycles. The van der Waals surface area contributed by atoms with Crippen LogP contribution >= 0.6 is 0 Å². The van der Waals surface area contributed by atoms with Crippen molar-refractivity contribution in [2.75, 3.05) is 6.61 Å². The van der Waals surface area contributed by atoms with Gasteiger partial charge in [-0.25, -0.2) is 9.59 Å². The van der Waals surface area contributed by atoms with Crippen molar-refractivity contribution >= 4 is 11.9 Å². The van der Waals surface area contributed by atoms with E-state index >= 15 is 0 Å². The maximum atomic E-state index is 13.4. The highest BCUT2D eigenvalue weighted by Gasteiger charge is 2.71. The SMILES string of the molecule is C/C=C(/C)C(=O)O[C@@H]1[C@H](C)CC2C3=CCC4[C@@]5(C)CC[C@H](O)[C@H](C)C5CC[C@@]4(C)[C@]3(C)C[C@@H](O)[C@@]2(CO)[C@H]1OC(=O)/C(C)=C\C. The number of hydrogen-bond donors (Lipinski definition) is 3. The molecule has 0 spiro atoms. The Labute approximate surface area is 270 Å². The highest BCUT2D eigenvalue weighted by atomic mass is 16.6. The van der Waals surface area contributed by atoms with Crippen molar-refractivity contribution in [3.8, 4) is 0 Å². The van der Waals surface area contributed by atoms with E-state index < -0.39 is 42.3 Å². The molecule has 0 aromatic heterocycles. The van der Waals surface area contributed by atoms with E-state index in [-0.39, 0.29) is 40.1 Å². The van der Waals surface area contributed by atoms with Crippen molar-refractivity contribution in [1.82, 2.24) is 0 Å². The summed E-state index contributed by atoms with van der Waals surface area (Å²) in [5.74, 6) is -0.296. The molecule has 0 aromatic rings. The summed E-state index contributed by atoms with van der Waals surface area (Å²) >= 11 is 0. The van der Waals surface area contributed by atoms with Gasteiger partial charge in [0.25, 0.3) is 0 Å². The van der Waals surface area contributed by atoms with E-state index in [9.17, 15) is 24.9 Å². The van der Waals surface area contributed by atoms with Crippen molar-refractivity contribution in [3.05, 3.63) is 34.9 Å². The molecule has 4 saturated carbocycles. The molecule has 0 amide bonds. The summed E-state index contributed by atoms with van der Waals surface area (Å²) in [6.45, 7) is 18.0. The molecular formula is C38H58O7. The molecule has 0 radical (unpaired) electrons. The minimum absolute atomic E-state index is 0.0871. The zero-order chi connectivity index (χ0) is 33.3. The number of rotatable bonds is 5. The van der Waals surface area contributed by atoms with Crippen LogP contribution in [0, 0.1) is 51.2 Å². The Balaban J connectivity index is 1.61. The van der Waals surface area contributed by atoms with Crippen molar-refractivity contribution < 1.29 is 34.4 Å². The minimum Gasteiger partial charge on any atom is -0.455 e. The fourth-order valence-electron chi connectivity index (χ4n) is 11.3. The lowest BCUT2D eigenvalue weighted by atomic mass is 9.34. The number of fused-ring (bicyclic) bond motifs is 7. The standard InChI is InChI=1S/C38H58O7/c1-10-21(3)33(42)44-31-23(5)18-27-26-12-13-29-35(7)16-15-28(40)24(6)25(35)14-17-36(29,8)37(26,9)19-30(41)38(27,20-39)32(31)45-34(43)22(4)11-2/h10-12,23-25,27-32,39-41H,13-20H2,1-9H3/b21-10-,22-11-/t23-,24-,25?,27?,28+,29?,30-,31-,32+,35+,36-,37-,38+/m1/s1. The molecule has 5 rings (SSSR count). The van der Waals surface area contributed by atoms with E-state index in [0.717, 1.165) is 32.1 Å². The van der Waals surface area contributed by atoms with Crippen LogP contribution in [0.1, 0.15) is 107 Å². The third-order valence-electron chi connectivity index (χ3n) is 14.6. The first kappa shape index (κ1) is 34.4. The molecule has 3 N–H and O–H groups in total. The van der Waals surface area contributed by atoms with Crippen molar-refractivity contribution in [2.45, 2.75) is 132 Å². The molecule has 45 heavy (non-hydrogen) atoms. The second kappa shape index (κ2) is 11.9. The number of aliphatic hydroxyl groups is 3. The second-order valence-corrected chi connectivity index (χ2v) is 16.2. The van der Waals surface area contributed by atoms with Crippen LogP contribution in [0.4, 0.5) is 0 Å². The normalized spacial score (nSPS) is 48.2. The predicted molar refractivity (Wildman–Crippen MR) is 174 cm³/mol. The van der Waals surface area contributed by atoms with Crippen LogP contribution < -0.4 is 0 Å². The minimum atomic E-state index is -1.22. The van der Waals surface area contributed by atoms with E-state index in [4.69, 9.17) is 9.47 Å². The molecule has 13 atom stereocenters. The van der Waals surface area contributed by atoms with Crippen LogP contribution in [0.15, 0.2) is 34.9 Å². The Kier molecular flexibility index (Phi) is 9.11. The molecule has 7 nitrogen and oxygen atoms in total. The Morgan fingerprint density at radius 3 is 2.20 bits per heavy atom. The quantitative estimate of drug-likeness (QED) is 0.186. The predicted octanol–water partition coefficient (Wildman–Crippen LogP) is 6.31. The van der Waals surface area contributed by atoms with Crippen LogP contribution in [0.2, 0.25) is 0 Å². The molecule has 252 valence electrons. The Hall–Kier alpha value is -1.96. The van der Waals surface area contributed by atoms with Gasteiger partial charge >= 0.3 is 11.9 Å². The van der Waals surface area contributed by atoms with Gasteiger partial charge in [0.05, 0.1) is 24.2 Å². The third kappa shape index (κ3) is 4.84. The monoisotopic (exact) mass is 626 g/mol. The molecular weight excluding hydrogens is 568 g/mol. The van der Waals surface area contributed by atoms with Gasteiger partial charge in [-0.2, -0.15) is 0 Å². The first-order valence-corrected chi connectivity index (χ1v) is 17.4. The average molecular weight is 627 g/mol. The molecule has 0 bridgehead atoms. The van der Waals surface area contributed by atoms with E-state index in [1.54, 1.807) is 39.8 Å². The number of hydrogen-bond acceptors (Lipinski definition) is 7. The van der Waals surface area contributed by atoms with Gasteiger partial charge < -0.3 is 24.8 Å². The Bertz CT molecular complexity index is 1280. The van der Waals surface area contributed by atoms with Crippen LogP contribution in [-0.4, -0.2) is 58.3 Å². The summed E-state index contributed by atoms with van der Waals surface area (Å²) in [4.78, 5) is 26.5. The van der Waals surface area contributed by atoms with Gasteiger partial charge in [-0.3, -0.25) is 0 Å². The lowest BCUT2D eigenvalue weighted by Crippen LogP contribution is -2.71. The summed E-state index contributed by atoms with van der Waals surface area (Å²) in [6, 6.07) is 0. The number of aliphatic hydroxyl groups excluding tert-OH is 3. The van der Waals surface area contributed by atoms with Crippen LogP contribution in [-0.2, 0) is 19.1 Å². The number of carbonyl (C=O) groups is 2. The lowest BCUT2D eigenvalue weighted by molar-refractivity contribution is -0.252. The molecule has 3 unspecified atom stereocenters. The largest absolute Gasteiger partial charge is 0.455 e. The van der Waals surface area contributed by atoms with E-state index in [1.807, 2.05) is 6.92 Å². The lowest BCUT2D eigenvalue weighted by Gasteiger charge is -2.71. The summed E-state index contributed by atoms with van der Waals surface area (Å²) in [5, 5.41) is 34.6. The number of carbonyl (C=O) groups excluding carboxylic acids is 2. The van der Waals surface area contributed by atoms with Gasteiger partial charge in [-0.1, -0.05) is 58.4 Å². The molecule has 7 heteroatoms. The van der Waals surface area contributed by atoms with Crippen molar-refractivity contribution in [2.24, 2.45) is 51.2 Å². The van der Waals surface area contributed by atoms with Crippen molar-refractivity contribution in [3.63, 3.8) is 0 Å². The number of esters is 2. The summed E-state index contributed by atoms with van der Waals surface area (Å²) < 4.78 is 12.4. The van der Waals surface area contributed by atoms with E-state index in [0.29, 0.717) is 35.8 Å². The maximum absolute atomic E-state index is 13.4. The number of ether oxygens (including phenoxy) is 2. The fourth-order valence-corrected chi connectivity index (χ4v) is 11.3. The van der Waals surface area contributed by atoms with Gasteiger partial charge in [0.1, 0.15) is 6.10 Å². The molecule has 5 aliphatic carbocycles. The summed E-state index contributed by atoms with van der Waals surface area (Å²) in [6.07, 6.45) is 8.59. The molecule has 5 aliphatic rings. The molecule has 0 heterocycles. The smallest absolute Gasteiger partial charge is 0.333 e. The topological polar surface area (TPSA) is 113 Å². The Morgan fingerprint density at radius 2 is 1.60 bits per heavy atom. The van der Waals surface area contributed by atoms with Crippen molar-refractivity contribution in [1.29, 1.82) is 0 Å². The highest BCUT2D eigenvalue weighted by molar-refractivity contribution is 5.88. The molecule has 0 aliphatic heterocycles. The molecule has 0 saturated heterocycles. The maximum Gasteiger partial charge on any atom is 0.333 e. The third-order valence-corrected chi connectivity index (χ3v) is 14.6. The zero-order valence-corrected chi connectivity index (χ0v) is 29.1. The molecule has 4 fully saturated rings. The van der Waals surface area contributed by atoms with E-state index in [2.05, 4.69) is 33.8 Å². The van der Waals surface area contributed by atoms with Gasteiger partial charge in [-0.15, -0.1) is 0 Å². The first-order chi connectivity index (χ1) is 21.1. The Morgan fingerprint density at radius 1 is 0.978 bits per heavy atom. The highest BCUT2D eigenvalue weighted by Crippen LogP contribution is 2.74. The van der Waals surface area contributed by atoms with Gasteiger partial charge in [0.15, 0.2) is 6.10 Å². The number of allylic oxidation sites excluding steroid dienone is 4. The van der Waals surface area contributed by atoms with Gasteiger partial charge in [0, 0.05) is 11.1 Å². The van der Waals surface area contributed by atoms with Crippen LogP contribution in [0.25, 0.3) is 0 Å². The van der Waals surface area contributed by atoms with Gasteiger partial charge in [0.2, 0.25) is 0 Å². The first-order valence-electron chi connectivity index (χ1n) is 17.4.